The van der Waals surface area contributed by atoms with Gasteiger partial charge in [-0.05, 0) is 18.2 Å². The van der Waals surface area contributed by atoms with Gasteiger partial charge in [-0.2, -0.15) is 0 Å². The number of nitrogens with zero attached hydrogens (tertiary/aromatic N) is 2. The monoisotopic (exact) mass is 312 g/mol. The van der Waals surface area contributed by atoms with Gasteiger partial charge >= 0.3 is 0 Å². The van der Waals surface area contributed by atoms with Crippen molar-refractivity contribution in [2.75, 3.05) is 13.2 Å². The first-order valence-corrected chi connectivity index (χ1v) is 7.24. The molecule has 0 spiro atoms. The molecule has 0 atom stereocenters. The van der Waals surface area contributed by atoms with Gasteiger partial charge in [-0.1, -0.05) is 12.1 Å². The maximum absolute atomic E-state index is 13.2. The summed E-state index contributed by atoms with van der Waals surface area (Å²) in [4.78, 5) is 16.7. The lowest BCUT2D eigenvalue weighted by Gasteiger charge is -2.21. The zero-order valence-electron chi connectivity index (χ0n) is 12.2. The van der Waals surface area contributed by atoms with Gasteiger partial charge in [0.25, 0.3) is 5.56 Å². The molecule has 3 aromatic rings. The van der Waals surface area contributed by atoms with E-state index in [2.05, 4.69) is 4.98 Å². The smallest absolute Gasteiger partial charge is 0.261 e. The Labute approximate surface area is 130 Å². The molecule has 2 aromatic carbocycles. The molecule has 0 amide bonds. The number of benzene rings is 2. The second kappa shape index (κ2) is 5.39. The summed E-state index contributed by atoms with van der Waals surface area (Å²) in [6.07, 6.45) is 1.42. The summed E-state index contributed by atoms with van der Waals surface area (Å²) in [5.74, 6) is 0.923. The van der Waals surface area contributed by atoms with Crippen molar-refractivity contribution in [2.24, 2.45) is 0 Å². The van der Waals surface area contributed by atoms with Gasteiger partial charge in [0, 0.05) is 11.6 Å². The average Bonchev–Trinajstić information content (AvgIpc) is 2.57. The topological polar surface area (TPSA) is 53.4 Å². The fraction of sp³-hybridized carbons (Fsp3) is 0.176. The molecule has 0 N–H and O–H groups in total. The van der Waals surface area contributed by atoms with Crippen LogP contribution in [0.25, 0.3) is 10.9 Å². The van der Waals surface area contributed by atoms with Crippen molar-refractivity contribution in [1.82, 2.24) is 9.55 Å². The molecule has 1 aliphatic rings. The van der Waals surface area contributed by atoms with Crippen molar-refractivity contribution < 1.29 is 13.9 Å². The molecule has 1 aliphatic heterocycles. The number of para-hydroxylation sites is 1. The van der Waals surface area contributed by atoms with Crippen LogP contribution in [0.1, 0.15) is 5.56 Å². The summed E-state index contributed by atoms with van der Waals surface area (Å²) in [6.45, 7) is 1.30. The van der Waals surface area contributed by atoms with Gasteiger partial charge in [0.2, 0.25) is 0 Å². The SMILES string of the molecule is O=c1c2ccc(F)cc2ncn1Cc1cccc2c1OCCO2. The second-order valence-electron chi connectivity index (χ2n) is 5.28. The lowest BCUT2D eigenvalue weighted by molar-refractivity contribution is 0.169. The van der Waals surface area contributed by atoms with Gasteiger partial charge in [-0.25, -0.2) is 9.37 Å². The first-order chi connectivity index (χ1) is 11.2. The lowest BCUT2D eigenvalue weighted by Crippen LogP contribution is -2.23. The number of aromatic nitrogens is 2. The zero-order chi connectivity index (χ0) is 15.8. The molecule has 0 unspecified atom stereocenters. The molecule has 2 heterocycles. The summed E-state index contributed by atoms with van der Waals surface area (Å²) >= 11 is 0. The molecule has 1 aromatic heterocycles. The van der Waals surface area contributed by atoms with Crippen molar-refractivity contribution in [3.63, 3.8) is 0 Å². The molecule has 0 fully saturated rings. The van der Waals surface area contributed by atoms with Gasteiger partial charge < -0.3 is 9.47 Å². The zero-order valence-corrected chi connectivity index (χ0v) is 12.2. The number of rotatable bonds is 2. The Bertz CT molecular complexity index is 952. The number of ether oxygens (including phenoxy) is 2. The quantitative estimate of drug-likeness (QED) is 0.729. The second-order valence-corrected chi connectivity index (χ2v) is 5.28. The minimum atomic E-state index is -0.412. The summed E-state index contributed by atoms with van der Waals surface area (Å²) in [5, 5.41) is 0.385. The highest BCUT2D eigenvalue weighted by Gasteiger charge is 2.16. The Morgan fingerprint density at radius 1 is 1.17 bits per heavy atom. The molecular weight excluding hydrogens is 299 g/mol. The third-order valence-corrected chi connectivity index (χ3v) is 3.78. The molecule has 23 heavy (non-hydrogen) atoms. The van der Waals surface area contributed by atoms with Crippen LogP contribution >= 0.6 is 0 Å². The van der Waals surface area contributed by atoms with Crippen molar-refractivity contribution in [3.05, 3.63) is 64.5 Å². The number of fused-ring (bicyclic) bond motifs is 2. The van der Waals surface area contributed by atoms with Crippen LogP contribution in [0.3, 0.4) is 0 Å². The molecule has 0 saturated heterocycles. The minimum Gasteiger partial charge on any atom is -0.486 e. The van der Waals surface area contributed by atoms with E-state index >= 15 is 0 Å². The minimum absolute atomic E-state index is 0.218. The third kappa shape index (κ3) is 2.42. The van der Waals surface area contributed by atoms with Crippen LogP contribution < -0.4 is 15.0 Å². The molecule has 116 valence electrons. The van der Waals surface area contributed by atoms with Crippen LogP contribution in [0.5, 0.6) is 11.5 Å². The molecular formula is C17H13FN2O3. The van der Waals surface area contributed by atoms with Gasteiger partial charge in [0.05, 0.1) is 23.8 Å². The maximum Gasteiger partial charge on any atom is 0.261 e. The van der Waals surface area contributed by atoms with E-state index < -0.39 is 5.82 Å². The van der Waals surface area contributed by atoms with E-state index in [-0.39, 0.29) is 5.56 Å². The van der Waals surface area contributed by atoms with E-state index in [0.717, 1.165) is 5.56 Å². The highest BCUT2D eigenvalue weighted by atomic mass is 19.1. The summed E-state index contributed by atoms with van der Waals surface area (Å²) in [5.41, 5.74) is 0.970. The van der Waals surface area contributed by atoms with Crippen molar-refractivity contribution in [1.29, 1.82) is 0 Å². The predicted octanol–water partition coefficient (Wildman–Crippen LogP) is 2.36. The Hall–Kier alpha value is -2.89. The average molecular weight is 312 g/mol. The van der Waals surface area contributed by atoms with Gasteiger partial charge in [0.1, 0.15) is 19.0 Å². The van der Waals surface area contributed by atoms with E-state index in [0.29, 0.717) is 42.2 Å². The van der Waals surface area contributed by atoms with Crippen molar-refractivity contribution in [3.8, 4) is 11.5 Å². The normalized spacial score (nSPS) is 13.3. The number of hydrogen-bond acceptors (Lipinski definition) is 4. The van der Waals surface area contributed by atoms with Crippen molar-refractivity contribution in [2.45, 2.75) is 6.54 Å². The highest BCUT2D eigenvalue weighted by Crippen LogP contribution is 2.33. The van der Waals surface area contributed by atoms with Crippen molar-refractivity contribution >= 4 is 10.9 Å². The molecule has 5 nitrogen and oxygen atoms in total. The van der Waals surface area contributed by atoms with Crippen LogP contribution in [0.2, 0.25) is 0 Å². The fourth-order valence-electron chi connectivity index (χ4n) is 2.69. The summed E-state index contributed by atoms with van der Waals surface area (Å²) in [6, 6.07) is 9.55. The van der Waals surface area contributed by atoms with E-state index in [9.17, 15) is 9.18 Å². The van der Waals surface area contributed by atoms with E-state index in [1.54, 1.807) is 0 Å². The van der Waals surface area contributed by atoms with E-state index in [1.165, 1.54) is 29.1 Å². The Morgan fingerprint density at radius 2 is 2.04 bits per heavy atom. The molecule has 0 radical (unpaired) electrons. The van der Waals surface area contributed by atoms with Gasteiger partial charge in [-0.15, -0.1) is 0 Å². The summed E-state index contributed by atoms with van der Waals surface area (Å²) in [7, 11) is 0. The first kappa shape index (κ1) is 13.8. The highest BCUT2D eigenvalue weighted by molar-refractivity contribution is 5.77. The largest absolute Gasteiger partial charge is 0.486 e. The van der Waals surface area contributed by atoms with E-state index in [4.69, 9.17) is 9.47 Å². The lowest BCUT2D eigenvalue weighted by atomic mass is 10.1. The fourth-order valence-corrected chi connectivity index (χ4v) is 2.69. The first-order valence-electron chi connectivity index (χ1n) is 7.24. The van der Waals surface area contributed by atoms with Crippen LogP contribution in [-0.2, 0) is 6.54 Å². The van der Waals surface area contributed by atoms with Crippen LogP contribution in [-0.4, -0.2) is 22.8 Å². The number of halogens is 1. The predicted molar refractivity (Wildman–Crippen MR) is 82.5 cm³/mol. The van der Waals surface area contributed by atoms with Gasteiger partial charge in [0.15, 0.2) is 11.5 Å². The third-order valence-electron chi connectivity index (χ3n) is 3.78. The van der Waals surface area contributed by atoms with Crippen LogP contribution in [0.15, 0.2) is 47.5 Å². The molecule has 6 heteroatoms. The Balaban J connectivity index is 1.78. The standard InChI is InChI=1S/C17H13FN2O3/c18-12-4-5-13-14(8-12)19-10-20(17(13)21)9-11-2-1-3-15-16(11)23-7-6-22-15/h1-5,8,10H,6-7,9H2. The van der Waals surface area contributed by atoms with E-state index in [1.807, 2.05) is 18.2 Å². The Kier molecular flexibility index (Phi) is 3.22. The van der Waals surface area contributed by atoms with Crippen LogP contribution in [0, 0.1) is 5.82 Å². The molecule has 4 rings (SSSR count). The summed E-state index contributed by atoms with van der Waals surface area (Å²) < 4.78 is 25.9. The molecule has 0 bridgehead atoms. The number of hydrogen-bond donors (Lipinski definition) is 0. The van der Waals surface area contributed by atoms with Gasteiger partial charge in [-0.3, -0.25) is 9.36 Å². The maximum atomic E-state index is 13.2. The molecule has 0 aliphatic carbocycles. The van der Waals surface area contributed by atoms with Crippen LogP contribution in [0.4, 0.5) is 4.39 Å². The Morgan fingerprint density at radius 3 is 2.96 bits per heavy atom. The molecule has 0 saturated carbocycles.